The van der Waals surface area contributed by atoms with E-state index in [4.69, 9.17) is 0 Å². The highest BCUT2D eigenvalue weighted by Gasteiger charge is 2.25. The van der Waals surface area contributed by atoms with Crippen molar-refractivity contribution in [3.63, 3.8) is 0 Å². The summed E-state index contributed by atoms with van der Waals surface area (Å²) >= 11 is 1.85. The number of benzene rings is 4. The second kappa shape index (κ2) is 13.4. The van der Waals surface area contributed by atoms with Crippen LogP contribution in [0.25, 0.3) is 73.2 Å². The third kappa shape index (κ3) is 5.83. The van der Waals surface area contributed by atoms with Gasteiger partial charge >= 0.3 is 0 Å². The molecule has 0 radical (unpaired) electrons. The van der Waals surface area contributed by atoms with Gasteiger partial charge in [0.25, 0.3) is 0 Å². The highest BCUT2D eigenvalue weighted by Crippen LogP contribution is 2.45. The Morgan fingerprint density at radius 2 is 1.71 bits per heavy atom. The van der Waals surface area contributed by atoms with Crippen LogP contribution in [0.2, 0.25) is 0 Å². The molecule has 0 bridgehead atoms. The first-order valence-electron chi connectivity index (χ1n) is 17.2. The number of thiophene rings is 1. The zero-order valence-corrected chi connectivity index (χ0v) is 30.2. The molecule has 4 aromatic carbocycles. The lowest BCUT2D eigenvalue weighted by Crippen LogP contribution is -2.03. The SMILES string of the molecule is C=Cc1c(/C=C\C)sc2c(-n3c4c(c5cc(-c6ccc(NC)c(-c7ccccc7/C=C(/C)C=C(C)C)c6)ccc53)C(C)CC=C4)cccc12. The van der Waals surface area contributed by atoms with Crippen LogP contribution in [0.1, 0.15) is 74.2 Å². The van der Waals surface area contributed by atoms with Gasteiger partial charge in [-0.1, -0.05) is 104 Å². The Morgan fingerprint density at radius 3 is 2.49 bits per heavy atom. The number of anilines is 1. The second-order valence-electron chi connectivity index (χ2n) is 13.4. The molecule has 0 fully saturated rings. The molecule has 0 aliphatic heterocycles. The van der Waals surface area contributed by atoms with Crippen LogP contribution in [0.3, 0.4) is 0 Å². The molecule has 7 rings (SSSR count). The molecule has 0 amide bonds. The minimum atomic E-state index is 0.425. The van der Waals surface area contributed by atoms with E-state index in [0.717, 1.165) is 12.1 Å². The summed E-state index contributed by atoms with van der Waals surface area (Å²) in [6, 6.07) is 29.3. The summed E-state index contributed by atoms with van der Waals surface area (Å²) < 4.78 is 3.79. The number of hydrogen-bond donors (Lipinski definition) is 1. The minimum Gasteiger partial charge on any atom is -0.388 e. The minimum absolute atomic E-state index is 0.425. The summed E-state index contributed by atoms with van der Waals surface area (Å²) in [6.45, 7) is 15.1. The van der Waals surface area contributed by atoms with Gasteiger partial charge in [0.05, 0.1) is 21.6 Å². The molecule has 1 aliphatic carbocycles. The Morgan fingerprint density at radius 1 is 0.918 bits per heavy atom. The van der Waals surface area contributed by atoms with E-state index in [1.165, 1.54) is 87.3 Å². The van der Waals surface area contributed by atoms with Crippen LogP contribution in [0.5, 0.6) is 0 Å². The Labute approximate surface area is 295 Å². The van der Waals surface area contributed by atoms with Gasteiger partial charge in [-0.2, -0.15) is 0 Å². The van der Waals surface area contributed by atoms with Gasteiger partial charge in [-0.25, -0.2) is 0 Å². The van der Waals surface area contributed by atoms with E-state index in [1.807, 2.05) is 24.5 Å². The standard InChI is InChI=1S/C46H44N2S/c1-8-14-44-35(9-2)37-18-13-20-43(46(37)49-44)48-41-24-22-33(28-39(41)45-31(6)15-12-19-42(45)48)32-21-23-40(47-7)38(27-32)36-17-11-10-16-34(36)26-30(5)25-29(3)4/h8-14,16-28,31,47H,2,15H2,1,3-7H3/b14-8-,30-26-. The summed E-state index contributed by atoms with van der Waals surface area (Å²) in [5, 5.41) is 6.05. The van der Waals surface area contributed by atoms with Crippen molar-refractivity contribution < 1.29 is 0 Å². The molecular weight excluding hydrogens is 613 g/mol. The quantitative estimate of drug-likeness (QED) is 0.161. The molecule has 0 saturated carbocycles. The van der Waals surface area contributed by atoms with Crippen LogP contribution < -0.4 is 5.32 Å². The summed E-state index contributed by atoms with van der Waals surface area (Å²) in [4.78, 5) is 1.25. The molecule has 1 aliphatic rings. The van der Waals surface area contributed by atoms with Gasteiger partial charge in [0, 0.05) is 33.9 Å². The van der Waals surface area contributed by atoms with Crippen molar-refractivity contribution in [3.8, 4) is 27.9 Å². The number of rotatable bonds is 8. The van der Waals surface area contributed by atoms with Crippen molar-refractivity contribution in [2.24, 2.45) is 0 Å². The normalized spacial score (nSPS) is 14.5. The van der Waals surface area contributed by atoms with Crippen LogP contribution in [-0.2, 0) is 0 Å². The monoisotopic (exact) mass is 656 g/mol. The Balaban J connectivity index is 1.42. The van der Waals surface area contributed by atoms with Gasteiger partial charge in [0.1, 0.15) is 0 Å². The van der Waals surface area contributed by atoms with E-state index < -0.39 is 0 Å². The van der Waals surface area contributed by atoms with Gasteiger partial charge in [0.15, 0.2) is 0 Å². The molecule has 2 nitrogen and oxygen atoms in total. The fraction of sp³-hybridized carbons (Fsp3) is 0.174. The molecular formula is C46H44N2S. The average Bonchev–Trinajstić information content (AvgIpc) is 3.63. The third-order valence-corrected chi connectivity index (χ3v) is 10.8. The number of nitrogens with zero attached hydrogens (tertiary/aromatic N) is 1. The van der Waals surface area contributed by atoms with Crippen molar-refractivity contribution in [1.29, 1.82) is 0 Å². The van der Waals surface area contributed by atoms with Crippen LogP contribution in [0, 0.1) is 0 Å². The van der Waals surface area contributed by atoms with E-state index >= 15 is 0 Å². The predicted molar refractivity (Wildman–Crippen MR) is 219 cm³/mol. The zero-order valence-electron chi connectivity index (χ0n) is 29.4. The molecule has 6 aromatic rings. The first kappa shape index (κ1) is 32.4. The predicted octanol–water partition coefficient (Wildman–Crippen LogP) is 13.8. The lowest BCUT2D eigenvalue weighted by molar-refractivity contribution is 0.773. The van der Waals surface area contributed by atoms with Crippen molar-refractivity contribution in [2.75, 3.05) is 12.4 Å². The number of hydrogen-bond acceptors (Lipinski definition) is 2. The van der Waals surface area contributed by atoms with Crippen LogP contribution in [0.15, 0.2) is 115 Å². The zero-order chi connectivity index (χ0) is 34.2. The summed E-state index contributed by atoms with van der Waals surface area (Å²) in [7, 11) is 2.01. The van der Waals surface area contributed by atoms with Gasteiger partial charge in [0.2, 0.25) is 0 Å². The van der Waals surface area contributed by atoms with E-state index in [9.17, 15) is 0 Å². The number of fused-ring (bicyclic) bond motifs is 4. The Bertz CT molecular complexity index is 2360. The molecule has 0 spiro atoms. The fourth-order valence-electron chi connectivity index (χ4n) is 7.54. The molecule has 49 heavy (non-hydrogen) atoms. The first-order valence-corrected chi connectivity index (χ1v) is 18.0. The van der Waals surface area contributed by atoms with Crippen LogP contribution in [0.4, 0.5) is 5.69 Å². The smallest absolute Gasteiger partial charge is 0.0640 e. The molecule has 0 saturated heterocycles. The van der Waals surface area contributed by atoms with Crippen molar-refractivity contribution >= 4 is 62.3 Å². The third-order valence-electron chi connectivity index (χ3n) is 9.60. The van der Waals surface area contributed by atoms with Crippen molar-refractivity contribution in [2.45, 2.75) is 47.0 Å². The molecule has 1 unspecified atom stereocenters. The number of aromatic nitrogens is 1. The maximum absolute atomic E-state index is 4.17. The fourth-order valence-corrected chi connectivity index (χ4v) is 8.82. The molecule has 1 atom stereocenters. The summed E-state index contributed by atoms with van der Waals surface area (Å²) in [6.07, 6.45) is 16.6. The lowest BCUT2D eigenvalue weighted by atomic mass is 9.89. The van der Waals surface area contributed by atoms with E-state index in [1.54, 1.807) is 0 Å². The summed E-state index contributed by atoms with van der Waals surface area (Å²) in [5.74, 6) is 0.425. The van der Waals surface area contributed by atoms with Crippen molar-refractivity contribution in [3.05, 3.63) is 142 Å². The number of allylic oxidation sites excluding steroid dienone is 5. The maximum atomic E-state index is 4.17. The van der Waals surface area contributed by atoms with Gasteiger partial charge in [-0.05, 0) is 116 Å². The second-order valence-corrected chi connectivity index (χ2v) is 14.4. The van der Waals surface area contributed by atoms with Gasteiger partial charge in [-0.15, -0.1) is 11.3 Å². The molecule has 244 valence electrons. The summed E-state index contributed by atoms with van der Waals surface area (Å²) in [5.41, 5.74) is 16.1. The molecule has 2 heterocycles. The van der Waals surface area contributed by atoms with Gasteiger partial charge in [-0.3, -0.25) is 0 Å². The van der Waals surface area contributed by atoms with Crippen LogP contribution >= 0.6 is 11.3 Å². The molecule has 2 aromatic heterocycles. The first-order chi connectivity index (χ1) is 23.8. The van der Waals surface area contributed by atoms with Crippen LogP contribution in [-0.4, -0.2) is 11.6 Å². The highest BCUT2D eigenvalue weighted by atomic mass is 32.1. The topological polar surface area (TPSA) is 17.0 Å². The van der Waals surface area contributed by atoms with E-state index in [-0.39, 0.29) is 0 Å². The lowest BCUT2D eigenvalue weighted by Gasteiger charge is -2.17. The number of nitrogens with one attached hydrogen (secondary N) is 1. The highest BCUT2D eigenvalue weighted by molar-refractivity contribution is 7.20. The largest absolute Gasteiger partial charge is 0.388 e. The van der Waals surface area contributed by atoms with Gasteiger partial charge < -0.3 is 9.88 Å². The van der Waals surface area contributed by atoms with E-state index in [2.05, 4.69) is 166 Å². The maximum Gasteiger partial charge on any atom is 0.0640 e. The molecule has 1 N–H and O–H groups in total. The van der Waals surface area contributed by atoms with E-state index in [0.29, 0.717) is 5.92 Å². The average molecular weight is 657 g/mol. The Kier molecular flexibility index (Phi) is 8.88. The molecule has 3 heteroatoms. The Hall–Kier alpha value is -5.12. The van der Waals surface area contributed by atoms with Crippen molar-refractivity contribution in [1.82, 2.24) is 4.57 Å².